The van der Waals surface area contributed by atoms with Crippen LogP contribution in [-0.2, 0) is 5.33 Å². The minimum atomic E-state index is 0.329. The second kappa shape index (κ2) is 5.22. The molecule has 0 aliphatic heterocycles. The second-order valence-electron chi connectivity index (χ2n) is 5.67. The molecule has 0 atom stereocenters. The van der Waals surface area contributed by atoms with Gasteiger partial charge >= 0.3 is 0 Å². The van der Waals surface area contributed by atoms with E-state index in [1.165, 1.54) is 16.8 Å². The Morgan fingerprint density at radius 3 is 2.31 bits per heavy atom. The van der Waals surface area contributed by atoms with Crippen molar-refractivity contribution in [2.24, 2.45) is 5.41 Å². The molecule has 0 N–H and O–H groups in total. The maximum atomic E-state index is 3.49. The van der Waals surface area contributed by atoms with Crippen LogP contribution in [-0.4, -0.2) is 13.6 Å². The van der Waals surface area contributed by atoms with Gasteiger partial charge in [0.25, 0.3) is 0 Å². The van der Waals surface area contributed by atoms with E-state index in [0.717, 1.165) is 11.9 Å². The van der Waals surface area contributed by atoms with Crippen molar-refractivity contribution in [2.45, 2.75) is 33.0 Å². The summed E-state index contributed by atoms with van der Waals surface area (Å²) >= 11 is 3.49. The number of hydrogen-bond acceptors (Lipinski definition) is 1. The molecule has 2 heteroatoms. The first-order valence-corrected chi connectivity index (χ1v) is 6.82. The number of hydrogen-bond donors (Lipinski definition) is 0. The van der Waals surface area contributed by atoms with E-state index in [2.05, 4.69) is 73.8 Å². The normalized spacial score (nSPS) is 11.6. The molecule has 0 aliphatic rings. The summed E-state index contributed by atoms with van der Waals surface area (Å²) in [7, 11) is 2.17. The van der Waals surface area contributed by atoms with E-state index in [9.17, 15) is 0 Å². The van der Waals surface area contributed by atoms with Crippen molar-refractivity contribution in [3.8, 4) is 0 Å². The molecule has 0 radical (unpaired) electrons. The largest absolute Gasteiger partial charge is 0.374 e. The molecule has 0 aromatic heterocycles. The number of benzene rings is 1. The van der Waals surface area contributed by atoms with E-state index in [0.29, 0.717) is 5.41 Å². The zero-order valence-electron chi connectivity index (χ0n) is 11.0. The Kier molecular flexibility index (Phi) is 4.43. The van der Waals surface area contributed by atoms with Crippen LogP contribution in [0.3, 0.4) is 0 Å². The number of nitrogens with zero attached hydrogens (tertiary/aromatic N) is 1. The van der Waals surface area contributed by atoms with Gasteiger partial charge in [0, 0.05) is 24.6 Å². The van der Waals surface area contributed by atoms with Crippen molar-refractivity contribution in [1.82, 2.24) is 0 Å². The SMILES string of the molecule is Cc1cc(CBr)ccc1N(C)CC(C)(C)C. The smallest absolute Gasteiger partial charge is 0.0393 e. The maximum absolute atomic E-state index is 3.49. The summed E-state index contributed by atoms with van der Waals surface area (Å²) in [6, 6.07) is 6.66. The molecule has 0 saturated carbocycles. The van der Waals surface area contributed by atoms with E-state index in [-0.39, 0.29) is 0 Å². The van der Waals surface area contributed by atoms with Crippen molar-refractivity contribution in [2.75, 3.05) is 18.5 Å². The van der Waals surface area contributed by atoms with Crippen LogP contribution in [0.15, 0.2) is 18.2 Å². The highest BCUT2D eigenvalue weighted by Crippen LogP contribution is 2.24. The van der Waals surface area contributed by atoms with Gasteiger partial charge in [-0.2, -0.15) is 0 Å². The fraction of sp³-hybridized carbons (Fsp3) is 0.571. The second-order valence-corrected chi connectivity index (χ2v) is 6.23. The lowest BCUT2D eigenvalue weighted by Crippen LogP contribution is -2.29. The number of alkyl halides is 1. The van der Waals surface area contributed by atoms with Gasteiger partial charge in [0.1, 0.15) is 0 Å². The van der Waals surface area contributed by atoms with Gasteiger partial charge in [-0.05, 0) is 29.5 Å². The highest BCUT2D eigenvalue weighted by Gasteiger charge is 2.15. The van der Waals surface area contributed by atoms with Gasteiger partial charge < -0.3 is 4.90 Å². The van der Waals surface area contributed by atoms with E-state index in [1.54, 1.807) is 0 Å². The van der Waals surface area contributed by atoms with Crippen LogP contribution >= 0.6 is 15.9 Å². The first kappa shape index (κ1) is 13.6. The molecule has 90 valence electrons. The zero-order valence-corrected chi connectivity index (χ0v) is 12.6. The fourth-order valence-electron chi connectivity index (χ4n) is 2.03. The molecular weight excluding hydrogens is 262 g/mol. The van der Waals surface area contributed by atoms with E-state index in [1.807, 2.05) is 0 Å². The van der Waals surface area contributed by atoms with Crippen LogP contribution in [0.5, 0.6) is 0 Å². The molecule has 16 heavy (non-hydrogen) atoms. The van der Waals surface area contributed by atoms with Gasteiger partial charge in [0.05, 0.1) is 0 Å². The van der Waals surface area contributed by atoms with Gasteiger partial charge in [-0.1, -0.05) is 48.8 Å². The van der Waals surface area contributed by atoms with Gasteiger partial charge in [-0.15, -0.1) is 0 Å². The molecular formula is C14H22BrN. The van der Waals surface area contributed by atoms with Crippen LogP contribution in [0.25, 0.3) is 0 Å². The Balaban J connectivity index is 2.88. The van der Waals surface area contributed by atoms with Gasteiger partial charge in [0.15, 0.2) is 0 Å². The lowest BCUT2D eigenvalue weighted by Gasteiger charge is -2.29. The van der Waals surface area contributed by atoms with Crippen LogP contribution in [0.4, 0.5) is 5.69 Å². The van der Waals surface area contributed by atoms with Crippen molar-refractivity contribution < 1.29 is 0 Å². The molecule has 1 nitrogen and oxygen atoms in total. The molecule has 0 unspecified atom stereocenters. The minimum Gasteiger partial charge on any atom is -0.374 e. The molecule has 0 fully saturated rings. The fourth-order valence-corrected chi connectivity index (χ4v) is 2.37. The summed E-state index contributed by atoms with van der Waals surface area (Å²) in [6.45, 7) is 10.1. The summed E-state index contributed by atoms with van der Waals surface area (Å²) in [6.07, 6.45) is 0. The first-order chi connectivity index (χ1) is 7.33. The third-order valence-corrected chi connectivity index (χ3v) is 3.19. The summed E-state index contributed by atoms with van der Waals surface area (Å²) in [4.78, 5) is 2.34. The molecule has 0 amide bonds. The molecule has 0 heterocycles. The van der Waals surface area contributed by atoms with Crippen molar-refractivity contribution in [1.29, 1.82) is 0 Å². The third kappa shape index (κ3) is 3.82. The van der Waals surface area contributed by atoms with Gasteiger partial charge in [-0.3, -0.25) is 0 Å². The van der Waals surface area contributed by atoms with Crippen LogP contribution in [0.2, 0.25) is 0 Å². The van der Waals surface area contributed by atoms with E-state index < -0.39 is 0 Å². The zero-order chi connectivity index (χ0) is 12.3. The number of anilines is 1. The van der Waals surface area contributed by atoms with Crippen LogP contribution in [0, 0.1) is 12.3 Å². The quantitative estimate of drug-likeness (QED) is 0.745. The molecule has 0 aliphatic carbocycles. The summed E-state index contributed by atoms with van der Waals surface area (Å²) < 4.78 is 0. The monoisotopic (exact) mass is 283 g/mol. The van der Waals surface area contributed by atoms with Gasteiger partial charge in [0.2, 0.25) is 0 Å². The molecule has 0 bridgehead atoms. The third-order valence-electron chi connectivity index (χ3n) is 2.54. The highest BCUT2D eigenvalue weighted by molar-refractivity contribution is 9.08. The van der Waals surface area contributed by atoms with Crippen molar-refractivity contribution in [3.63, 3.8) is 0 Å². The lowest BCUT2D eigenvalue weighted by molar-refractivity contribution is 0.419. The predicted octanol–water partition coefficient (Wildman–Crippen LogP) is 4.37. The van der Waals surface area contributed by atoms with E-state index in [4.69, 9.17) is 0 Å². The number of rotatable bonds is 3. The average Bonchev–Trinajstić information content (AvgIpc) is 2.14. The highest BCUT2D eigenvalue weighted by atomic mass is 79.9. The number of aryl methyl sites for hydroxylation is 1. The topological polar surface area (TPSA) is 3.24 Å². The van der Waals surface area contributed by atoms with Crippen LogP contribution < -0.4 is 4.90 Å². The minimum absolute atomic E-state index is 0.329. The van der Waals surface area contributed by atoms with Gasteiger partial charge in [-0.25, -0.2) is 0 Å². The van der Waals surface area contributed by atoms with Crippen molar-refractivity contribution >= 4 is 21.6 Å². The predicted molar refractivity (Wildman–Crippen MR) is 76.5 cm³/mol. The summed E-state index contributed by atoms with van der Waals surface area (Å²) in [5.41, 5.74) is 4.35. The Hall–Kier alpha value is -0.500. The lowest BCUT2D eigenvalue weighted by atomic mass is 9.95. The molecule has 1 aromatic rings. The molecule has 0 saturated heterocycles. The number of halogens is 1. The Morgan fingerprint density at radius 2 is 1.88 bits per heavy atom. The summed E-state index contributed by atoms with van der Waals surface area (Å²) in [5, 5.41) is 0.928. The molecule has 1 rings (SSSR count). The summed E-state index contributed by atoms with van der Waals surface area (Å²) in [5.74, 6) is 0. The van der Waals surface area contributed by atoms with Crippen molar-refractivity contribution in [3.05, 3.63) is 29.3 Å². The van der Waals surface area contributed by atoms with E-state index >= 15 is 0 Å². The van der Waals surface area contributed by atoms with Crippen LogP contribution in [0.1, 0.15) is 31.9 Å². The maximum Gasteiger partial charge on any atom is 0.0393 e. The average molecular weight is 284 g/mol. The first-order valence-electron chi connectivity index (χ1n) is 5.70. The Labute approximate surface area is 108 Å². The Bertz CT molecular complexity index is 352. The molecule has 1 aromatic carbocycles. The standard InChI is InChI=1S/C14H22BrN/c1-11-8-12(9-15)6-7-13(11)16(5)10-14(2,3)4/h6-8H,9-10H2,1-5H3. The molecule has 0 spiro atoms. The Morgan fingerprint density at radius 1 is 1.25 bits per heavy atom.